The van der Waals surface area contributed by atoms with Crippen LogP contribution in [0.15, 0.2) is 28.9 Å². The molecule has 0 unspecified atom stereocenters. The Labute approximate surface area is 123 Å². The Morgan fingerprint density at radius 3 is 2.71 bits per heavy atom. The number of hydrogen-bond acceptors (Lipinski definition) is 4. The second-order valence-electron chi connectivity index (χ2n) is 5.39. The summed E-state index contributed by atoms with van der Waals surface area (Å²) < 4.78 is 11.2. The zero-order valence-electron chi connectivity index (χ0n) is 12.2. The van der Waals surface area contributed by atoms with E-state index in [0.29, 0.717) is 30.5 Å². The van der Waals surface area contributed by atoms with Gasteiger partial charge in [-0.1, -0.05) is 19.9 Å². The molecule has 21 heavy (non-hydrogen) atoms. The van der Waals surface area contributed by atoms with Crippen molar-refractivity contribution >= 4 is 17.8 Å². The van der Waals surface area contributed by atoms with Gasteiger partial charge in [-0.2, -0.15) is 0 Å². The molecule has 0 bridgehead atoms. The summed E-state index contributed by atoms with van der Waals surface area (Å²) in [6.07, 6.45) is 2.63. The quantitative estimate of drug-likeness (QED) is 0.849. The largest absolute Gasteiger partial charge is 0.490 e. The molecule has 2 heterocycles. The lowest BCUT2D eigenvalue weighted by Gasteiger charge is -2.07. The van der Waals surface area contributed by atoms with Crippen molar-refractivity contribution in [2.75, 3.05) is 13.2 Å². The highest BCUT2D eigenvalue weighted by atomic mass is 16.5. The van der Waals surface area contributed by atoms with E-state index in [2.05, 4.69) is 10.3 Å². The fraction of sp³-hybridized carbons (Fsp3) is 0.375. The second kappa shape index (κ2) is 5.60. The molecule has 0 fully saturated rings. The zero-order chi connectivity index (χ0) is 14.8. The van der Waals surface area contributed by atoms with Crippen LogP contribution in [0, 0.1) is 5.92 Å². The normalized spacial score (nSPS) is 19.5. The number of fused-ring (bicyclic) bond motifs is 1. The van der Waals surface area contributed by atoms with Crippen LogP contribution in [0.1, 0.15) is 25.8 Å². The summed E-state index contributed by atoms with van der Waals surface area (Å²) in [4.78, 5) is 16.2. The molecule has 110 valence electrons. The van der Waals surface area contributed by atoms with Crippen LogP contribution >= 0.6 is 0 Å². The van der Waals surface area contributed by atoms with Crippen molar-refractivity contribution in [2.45, 2.75) is 20.3 Å². The summed E-state index contributed by atoms with van der Waals surface area (Å²) in [7, 11) is 0. The molecule has 1 aromatic carbocycles. The molecule has 0 aliphatic carbocycles. The molecule has 0 aromatic heterocycles. The lowest BCUT2D eigenvalue weighted by molar-refractivity contribution is -0.115. The number of carbonyl (C=O) groups is 1. The number of nitrogens with one attached hydrogen (secondary N) is 1. The first kappa shape index (κ1) is 13.7. The molecular weight excluding hydrogens is 268 g/mol. The van der Waals surface area contributed by atoms with E-state index >= 15 is 0 Å². The van der Waals surface area contributed by atoms with Crippen molar-refractivity contribution in [2.24, 2.45) is 10.9 Å². The first-order chi connectivity index (χ1) is 10.1. The van der Waals surface area contributed by atoms with E-state index in [0.717, 1.165) is 17.7 Å². The Morgan fingerprint density at radius 2 is 2.00 bits per heavy atom. The molecule has 3 rings (SSSR count). The summed E-state index contributed by atoms with van der Waals surface area (Å²) >= 11 is 0. The van der Waals surface area contributed by atoms with E-state index in [1.165, 1.54) is 0 Å². The van der Waals surface area contributed by atoms with Crippen LogP contribution in [-0.4, -0.2) is 25.0 Å². The first-order valence-corrected chi connectivity index (χ1v) is 7.15. The van der Waals surface area contributed by atoms with Gasteiger partial charge in [-0.25, -0.2) is 4.99 Å². The van der Waals surface area contributed by atoms with Crippen LogP contribution in [0.4, 0.5) is 0 Å². The number of amides is 1. The lowest BCUT2D eigenvalue weighted by atomic mass is 10.1. The van der Waals surface area contributed by atoms with Gasteiger partial charge >= 0.3 is 0 Å². The fourth-order valence-electron chi connectivity index (χ4n) is 2.19. The fourth-order valence-corrected chi connectivity index (χ4v) is 2.19. The molecule has 5 nitrogen and oxygen atoms in total. The van der Waals surface area contributed by atoms with Gasteiger partial charge in [0.15, 0.2) is 11.5 Å². The van der Waals surface area contributed by atoms with E-state index in [9.17, 15) is 4.79 Å². The molecule has 0 saturated carbocycles. The van der Waals surface area contributed by atoms with Gasteiger partial charge in [0.25, 0.3) is 5.91 Å². The smallest absolute Gasteiger partial charge is 0.275 e. The van der Waals surface area contributed by atoms with Crippen molar-refractivity contribution in [3.05, 3.63) is 29.5 Å². The van der Waals surface area contributed by atoms with Gasteiger partial charge in [-0.05, 0) is 23.8 Å². The SMILES string of the molecule is CC(C)C1=N/C(=C/c2ccc3c(c2)OCCCO3)C(=O)N1. The van der Waals surface area contributed by atoms with Crippen LogP contribution in [0.25, 0.3) is 6.08 Å². The number of rotatable bonds is 2. The third-order valence-corrected chi connectivity index (χ3v) is 3.34. The van der Waals surface area contributed by atoms with Crippen LogP contribution in [-0.2, 0) is 4.79 Å². The van der Waals surface area contributed by atoms with Gasteiger partial charge < -0.3 is 14.8 Å². The average Bonchev–Trinajstić information content (AvgIpc) is 2.69. The molecule has 1 amide bonds. The number of hydrogen-bond donors (Lipinski definition) is 1. The number of nitrogens with zero attached hydrogens (tertiary/aromatic N) is 1. The number of benzene rings is 1. The van der Waals surface area contributed by atoms with E-state index in [-0.39, 0.29) is 11.8 Å². The van der Waals surface area contributed by atoms with Crippen LogP contribution in [0.3, 0.4) is 0 Å². The average molecular weight is 286 g/mol. The van der Waals surface area contributed by atoms with Crippen LogP contribution in [0.5, 0.6) is 11.5 Å². The molecule has 2 aliphatic heterocycles. The highest BCUT2D eigenvalue weighted by Crippen LogP contribution is 2.31. The van der Waals surface area contributed by atoms with Crippen LogP contribution < -0.4 is 14.8 Å². The summed E-state index contributed by atoms with van der Waals surface area (Å²) in [5, 5.41) is 2.78. The van der Waals surface area contributed by atoms with Gasteiger partial charge in [0.05, 0.1) is 13.2 Å². The second-order valence-corrected chi connectivity index (χ2v) is 5.39. The summed E-state index contributed by atoms with van der Waals surface area (Å²) in [5.41, 5.74) is 1.30. The topological polar surface area (TPSA) is 59.9 Å². The Balaban J connectivity index is 1.89. The summed E-state index contributed by atoms with van der Waals surface area (Å²) in [6, 6.07) is 5.65. The molecule has 0 atom stereocenters. The number of aliphatic imine (C=N–C) groups is 1. The summed E-state index contributed by atoms with van der Waals surface area (Å²) in [5.74, 6) is 2.21. The lowest BCUT2D eigenvalue weighted by Crippen LogP contribution is -2.27. The molecule has 5 heteroatoms. The van der Waals surface area contributed by atoms with E-state index < -0.39 is 0 Å². The number of carbonyl (C=O) groups excluding carboxylic acids is 1. The van der Waals surface area contributed by atoms with Gasteiger partial charge in [0.1, 0.15) is 11.5 Å². The van der Waals surface area contributed by atoms with Crippen molar-refractivity contribution in [3.8, 4) is 11.5 Å². The maximum atomic E-state index is 11.9. The van der Waals surface area contributed by atoms with Crippen molar-refractivity contribution in [1.29, 1.82) is 0 Å². The molecular formula is C16H18N2O3. The Hall–Kier alpha value is -2.30. The molecule has 2 aliphatic rings. The highest BCUT2D eigenvalue weighted by molar-refractivity contribution is 6.14. The van der Waals surface area contributed by atoms with E-state index in [1.807, 2.05) is 32.0 Å². The predicted molar refractivity (Wildman–Crippen MR) is 80.4 cm³/mol. The molecule has 1 N–H and O–H groups in total. The van der Waals surface area contributed by atoms with Gasteiger partial charge in [-0.3, -0.25) is 4.79 Å². The molecule has 1 aromatic rings. The van der Waals surface area contributed by atoms with Gasteiger partial charge in [0, 0.05) is 12.3 Å². The van der Waals surface area contributed by atoms with E-state index in [4.69, 9.17) is 9.47 Å². The third-order valence-electron chi connectivity index (χ3n) is 3.34. The standard InChI is InChI=1S/C16H18N2O3/c1-10(2)15-17-12(16(19)18-15)8-11-4-5-13-14(9-11)21-7-3-6-20-13/h4-5,8-10H,3,6-7H2,1-2H3,(H,17,18,19)/b12-8+. The number of ether oxygens (including phenoxy) is 2. The Bertz CT molecular complexity index is 632. The summed E-state index contributed by atoms with van der Waals surface area (Å²) in [6.45, 7) is 5.30. The minimum atomic E-state index is -0.161. The zero-order valence-corrected chi connectivity index (χ0v) is 12.2. The minimum absolute atomic E-state index is 0.161. The van der Waals surface area contributed by atoms with Gasteiger partial charge in [0.2, 0.25) is 0 Å². The highest BCUT2D eigenvalue weighted by Gasteiger charge is 2.22. The maximum Gasteiger partial charge on any atom is 0.275 e. The van der Waals surface area contributed by atoms with Crippen molar-refractivity contribution < 1.29 is 14.3 Å². The monoisotopic (exact) mass is 286 g/mol. The maximum absolute atomic E-state index is 11.9. The molecule has 0 saturated heterocycles. The third kappa shape index (κ3) is 2.91. The van der Waals surface area contributed by atoms with Crippen molar-refractivity contribution in [1.82, 2.24) is 5.32 Å². The van der Waals surface area contributed by atoms with Crippen molar-refractivity contribution in [3.63, 3.8) is 0 Å². The Kier molecular flexibility index (Phi) is 3.64. The number of amidine groups is 1. The Morgan fingerprint density at radius 1 is 1.24 bits per heavy atom. The minimum Gasteiger partial charge on any atom is -0.490 e. The predicted octanol–water partition coefficient (Wildman–Crippen LogP) is 2.37. The van der Waals surface area contributed by atoms with Crippen LogP contribution in [0.2, 0.25) is 0 Å². The molecule has 0 spiro atoms. The van der Waals surface area contributed by atoms with Gasteiger partial charge in [-0.15, -0.1) is 0 Å². The first-order valence-electron chi connectivity index (χ1n) is 7.15. The molecule has 0 radical (unpaired) electrons. The van der Waals surface area contributed by atoms with E-state index in [1.54, 1.807) is 6.08 Å².